The Balaban J connectivity index is 2.10. The third-order valence-corrected chi connectivity index (χ3v) is 1.59. The van der Waals surface area contributed by atoms with Crippen molar-refractivity contribution in [3.8, 4) is 0 Å². The SMILES string of the molecule is O=[C]CCCNNc1ccccc1. The van der Waals surface area contributed by atoms with Gasteiger partial charge >= 0.3 is 0 Å². The molecule has 0 heterocycles. The third kappa shape index (κ3) is 4.28. The molecule has 1 radical (unpaired) electrons. The maximum atomic E-state index is 9.86. The van der Waals surface area contributed by atoms with E-state index in [0.29, 0.717) is 6.42 Å². The predicted molar refractivity (Wildman–Crippen MR) is 53.0 cm³/mol. The van der Waals surface area contributed by atoms with E-state index in [0.717, 1.165) is 18.7 Å². The number of nitrogens with one attached hydrogen (secondary N) is 2. The number of para-hydroxylation sites is 1. The molecule has 0 amide bonds. The Bertz CT molecular complexity index is 236. The minimum atomic E-state index is 0.490. The minimum absolute atomic E-state index is 0.490. The highest BCUT2D eigenvalue weighted by Crippen LogP contribution is 2.02. The summed E-state index contributed by atoms with van der Waals surface area (Å²) in [6.45, 7) is 0.768. The van der Waals surface area contributed by atoms with Crippen LogP contribution in [-0.4, -0.2) is 12.8 Å². The molecular weight excluding hydrogens is 164 g/mol. The predicted octanol–water partition coefficient (Wildman–Crippen LogP) is 1.49. The van der Waals surface area contributed by atoms with Gasteiger partial charge in [0.2, 0.25) is 0 Å². The largest absolute Gasteiger partial charge is 0.322 e. The summed E-state index contributed by atoms with van der Waals surface area (Å²) in [7, 11) is 0. The van der Waals surface area contributed by atoms with Gasteiger partial charge in [0.15, 0.2) is 6.29 Å². The maximum Gasteiger partial charge on any atom is 0.198 e. The second kappa shape index (κ2) is 6.20. The lowest BCUT2D eigenvalue weighted by Crippen LogP contribution is -2.22. The van der Waals surface area contributed by atoms with Gasteiger partial charge in [-0.1, -0.05) is 18.2 Å². The molecule has 0 unspecified atom stereocenters. The van der Waals surface area contributed by atoms with Gasteiger partial charge in [0.25, 0.3) is 0 Å². The number of hydrogen-bond donors (Lipinski definition) is 2. The molecule has 0 saturated heterocycles. The lowest BCUT2D eigenvalue weighted by molar-refractivity contribution is 0.547. The van der Waals surface area contributed by atoms with Crippen molar-refractivity contribution in [2.45, 2.75) is 12.8 Å². The molecule has 3 nitrogen and oxygen atoms in total. The zero-order valence-electron chi connectivity index (χ0n) is 7.42. The van der Waals surface area contributed by atoms with Gasteiger partial charge in [-0.15, -0.1) is 0 Å². The Morgan fingerprint density at radius 1 is 1.23 bits per heavy atom. The standard InChI is InChI=1S/C10H13N2O/c13-9-5-4-8-11-12-10-6-2-1-3-7-10/h1-3,6-7,11-12H,4-5,8H2. The molecule has 0 aliphatic carbocycles. The fraction of sp³-hybridized carbons (Fsp3) is 0.300. The van der Waals surface area contributed by atoms with Crippen molar-refractivity contribution >= 4 is 12.0 Å². The summed E-state index contributed by atoms with van der Waals surface area (Å²) in [5, 5.41) is 0. The topological polar surface area (TPSA) is 41.1 Å². The van der Waals surface area contributed by atoms with E-state index in [9.17, 15) is 4.79 Å². The number of hydrazine groups is 1. The second-order valence-electron chi connectivity index (χ2n) is 2.67. The van der Waals surface area contributed by atoms with E-state index in [1.54, 1.807) is 0 Å². The van der Waals surface area contributed by atoms with Crippen molar-refractivity contribution in [3.05, 3.63) is 30.3 Å². The van der Waals surface area contributed by atoms with Crippen LogP contribution in [-0.2, 0) is 4.79 Å². The first kappa shape index (κ1) is 9.74. The van der Waals surface area contributed by atoms with Crippen LogP contribution < -0.4 is 10.9 Å². The molecule has 2 N–H and O–H groups in total. The summed E-state index contributed by atoms with van der Waals surface area (Å²) in [6, 6.07) is 9.83. The Morgan fingerprint density at radius 2 is 2.00 bits per heavy atom. The molecule has 0 bridgehead atoms. The monoisotopic (exact) mass is 177 g/mol. The average molecular weight is 177 g/mol. The van der Waals surface area contributed by atoms with Gasteiger partial charge in [-0.3, -0.25) is 4.79 Å². The highest BCUT2D eigenvalue weighted by Gasteiger charge is 1.88. The van der Waals surface area contributed by atoms with Crippen molar-refractivity contribution in [2.75, 3.05) is 12.0 Å². The molecule has 0 aliphatic rings. The molecular formula is C10H13N2O. The van der Waals surface area contributed by atoms with Crippen LogP contribution in [0.5, 0.6) is 0 Å². The van der Waals surface area contributed by atoms with Gasteiger partial charge in [-0.2, -0.15) is 0 Å². The molecule has 0 fully saturated rings. The first-order chi connectivity index (χ1) is 6.43. The number of carbonyl (C=O) groups excluding carboxylic acids is 1. The fourth-order valence-corrected chi connectivity index (χ4v) is 0.935. The van der Waals surface area contributed by atoms with Gasteiger partial charge in [-0.25, -0.2) is 5.43 Å². The second-order valence-corrected chi connectivity index (χ2v) is 2.67. The van der Waals surface area contributed by atoms with Crippen LogP contribution in [0.1, 0.15) is 12.8 Å². The highest BCUT2D eigenvalue weighted by molar-refractivity contribution is 5.50. The Kier molecular flexibility index (Phi) is 4.64. The average Bonchev–Trinajstić information content (AvgIpc) is 2.19. The van der Waals surface area contributed by atoms with Crippen LogP contribution in [0.2, 0.25) is 0 Å². The smallest absolute Gasteiger partial charge is 0.198 e. The van der Waals surface area contributed by atoms with Gasteiger partial charge in [0, 0.05) is 18.7 Å². The van der Waals surface area contributed by atoms with E-state index in [4.69, 9.17) is 0 Å². The number of anilines is 1. The molecule has 0 atom stereocenters. The first-order valence-electron chi connectivity index (χ1n) is 4.32. The Labute approximate surface area is 78.1 Å². The van der Waals surface area contributed by atoms with Gasteiger partial charge in [0.1, 0.15) is 0 Å². The molecule has 1 aromatic carbocycles. The summed E-state index contributed by atoms with van der Waals surface area (Å²) in [5.74, 6) is 0. The molecule has 0 saturated carbocycles. The highest BCUT2D eigenvalue weighted by atomic mass is 16.1. The normalized spacial score (nSPS) is 9.54. The minimum Gasteiger partial charge on any atom is -0.322 e. The molecule has 13 heavy (non-hydrogen) atoms. The fourth-order valence-electron chi connectivity index (χ4n) is 0.935. The van der Waals surface area contributed by atoms with Crippen LogP contribution in [0.25, 0.3) is 0 Å². The van der Waals surface area contributed by atoms with E-state index < -0.39 is 0 Å². The number of rotatable bonds is 6. The molecule has 0 spiro atoms. The van der Waals surface area contributed by atoms with E-state index in [2.05, 4.69) is 10.9 Å². The zero-order chi connectivity index (χ0) is 9.36. The van der Waals surface area contributed by atoms with Gasteiger partial charge in [-0.05, 0) is 18.6 Å². The zero-order valence-corrected chi connectivity index (χ0v) is 7.42. The first-order valence-corrected chi connectivity index (χ1v) is 4.32. The van der Waals surface area contributed by atoms with Crippen LogP contribution in [0.3, 0.4) is 0 Å². The van der Waals surface area contributed by atoms with Crippen LogP contribution in [0, 0.1) is 0 Å². The summed E-state index contributed by atoms with van der Waals surface area (Å²) in [6.07, 6.45) is 3.15. The van der Waals surface area contributed by atoms with Crippen molar-refractivity contribution < 1.29 is 4.79 Å². The Hall–Kier alpha value is -1.35. The number of unbranched alkanes of at least 4 members (excludes halogenated alkanes) is 1. The van der Waals surface area contributed by atoms with Crippen LogP contribution >= 0.6 is 0 Å². The van der Waals surface area contributed by atoms with E-state index in [-0.39, 0.29) is 0 Å². The van der Waals surface area contributed by atoms with Gasteiger partial charge < -0.3 is 5.43 Å². The van der Waals surface area contributed by atoms with E-state index in [1.807, 2.05) is 36.6 Å². The summed E-state index contributed by atoms with van der Waals surface area (Å²) in [4.78, 5) is 9.86. The molecule has 3 heteroatoms. The van der Waals surface area contributed by atoms with Crippen LogP contribution in [0.4, 0.5) is 5.69 Å². The summed E-state index contributed by atoms with van der Waals surface area (Å²) in [5.41, 5.74) is 7.06. The van der Waals surface area contributed by atoms with Crippen molar-refractivity contribution in [2.24, 2.45) is 0 Å². The molecule has 69 valence electrons. The maximum absolute atomic E-state index is 9.86. The quantitative estimate of drug-likeness (QED) is 0.511. The van der Waals surface area contributed by atoms with Crippen molar-refractivity contribution in [1.29, 1.82) is 0 Å². The van der Waals surface area contributed by atoms with Crippen LogP contribution in [0.15, 0.2) is 30.3 Å². The lowest BCUT2D eigenvalue weighted by Gasteiger charge is -2.06. The molecule has 0 aliphatic heterocycles. The molecule has 1 rings (SSSR count). The summed E-state index contributed by atoms with van der Waals surface area (Å²) < 4.78 is 0. The number of hydrogen-bond acceptors (Lipinski definition) is 3. The third-order valence-electron chi connectivity index (χ3n) is 1.59. The van der Waals surface area contributed by atoms with E-state index >= 15 is 0 Å². The molecule has 1 aromatic rings. The van der Waals surface area contributed by atoms with Gasteiger partial charge in [0.05, 0.1) is 0 Å². The summed E-state index contributed by atoms with van der Waals surface area (Å²) >= 11 is 0. The lowest BCUT2D eigenvalue weighted by atomic mass is 10.3. The van der Waals surface area contributed by atoms with E-state index in [1.165, 1.54) is 0 Å². The van der Waals surface area contributed by atoms with Crippen molar-refractivity contribution in [3.63, 3.8) is 0 Å². The molecule has 0 aromatic heterocycles. The number of benzene rings is 1. The Morgan fingerprint density at radius 3 is 2.69 bits per heavy atom. The van der Waals surface area contributed by atoms with Crippen molar-refractivity contribution in [1.82, 2.24) is 5.43 Å².